The molecule has 0 aromatic carbocycles. The summed E-state index contributed by atoms with van der Waals surface area (Å²) >= 11 is 7.33. The lowest BCUT2D eigenvalue weighted by atomic mass is 10.3. The van der Waals surface area contributed by atoms with E-state index in [-0.39, 0.29) is 16.6 Å². The van der Waals surface area contributed by atoms with Crippen LogP contribution < -0.4 is 5.32 Å². The lowest BCUT2D eigenvalue weighted by molar-refractivity contribution is 0.102. The second-order valence-electron chi connectivity index (χ2n) is 4.18. The summed E-state index contributed by atoms with van der Waals surface area (Å²) in [4.78, 5) is 20.4. The normalized spacial score (nSPS) is 10.7. The number of halogens is 1. The number of hydrogen-bond donors (Lipinski definition) is 1. The molecule has 0 atom stereocenters. The number of rotatable bonds is 3. The largest absolute Gasteiger partial charge is 0.317 e. The van der Waals surface area contributed by atoms with E-state index >= 15 is 0 Å². The van der Waals surface area contributed by atoms with E-state index in [1.54, 1.807) is 4.68 Å². The van der Waals surface area contributed by atoms with Crippen LogP contribution in [0, 0.1) is 13.8 Å². The van der Waals surface area contributed by atoms with Crippen LogP contribution in [0.4, 0.5) is 5.69 Å². The average molecular weight is 312 g/mol. The van der Waals surface area contributed by atoms with Gasteiger partial charge >= 0.3 is 0 Å². The van der Waals surface area contributed by atoms with Gasteiger partial charge in [0.05, 0.1) is 28.3 Å². The summed E-state index contributed by atoms with van der Waals surface area (Å²) < 4.78 is 1.71. The minimum absolute atomic E-state index is 0.161. The van der Waals surface area contributed by atoms with Crippen LogP contribution >= 0.6 is 23.4 Å². The summed E-state index contributed by atoms with van der Waals surface area (Å²) in [5.41, 5.74) is 2.45. The number of carbonyl (C=O) groups is 1. The van der Waals surface area contributed by atoms with Gasteiger partial charge in [-0.25, -0.2) is 9.97 Å². The number of nitrogens with zero attached hydrogens (tertiary/aromatic N) is 4. The molecular formula is C12H14ClN5OS. The molecule has 0 saturated heterocycles. The fraction of sp³-hybridized carbons (Fsp3) is 0.333. The maximum absolute atomic E-state index is 12.3. The predicted molar refractivity (Wildman–Crippen MR) is 79.5 cm³/mol. The van der Waals surface area contributed by atoms with Crippen molar-refractivity contribution in [2.24, 2.45) is 7.05 Å². The van der Waals surface area contributed by atoms with Crippen LogP contribution in [0.2, 0.25) is 5.02 Å². The van der Waals surface area contributed by atoms with Crippen LogP contribution in [-0.2, 0) is 7.05 Å². The molecular weight excluding hydrogens is 298 g/mol. The molecule has 106 valence electrons. The van der Waals surface area contributed by atoms with Crippen molar-refractivity contribution >= 4 is 35.0 Å². The van der Waals surface area contributed by atoms with Crippen molar-refractivity contribution in [2.45, 2.75) is 19.0 Å². The first-order chi connectivity index (χ1) is 9.43. The van der Waals surface area contributed by atoms with Crippen molar-refractivity contribution in [1.82, 2.24) is 19.7 Å². The van der Waals surface area contributed by atoms with Gasteiger partial charge in [-0.1, -0.05) is 23.4 Å². The SMILES string of the molecule is CSc1ncc(Cl)c(C(=O)Nc2c(C)nn(C)c2C)n1. The summed E-state index contributed by atoms with van der Waals surface area (Å²) in [5.74, 6) is -0.369. The number of carbonyl (C=O) groups excluding carboxylic acids is 1. The van der Waals surface area contributed by atoms with Crippen LogP contribution in [0.15, 0.2) is 11.4 Å². The van der Waals surface area contributed by atoms with Gasteiger partial charge in [-0.3, -0.25) is 9.48 Å². The molecule has 0 aliphatic rings. The molecule has 6 nitrogen and oxygen atoms in total. The van der Waals surface area contributed by atoms with Gasteiger partial charge in [-0.2, -0.15) is 5.10 Å². The third kappa shape index (κ3) is 2.78. The quantitative estimate of drug-likeness (QED) is 0.696. The minimum Gasteiger partial charge on any atom is -0.317 e. The monoisotopic (exact) mass is 311 g/mol. The Hall–Kier alpha value is -1.60. The predicted octanol–water partition coefficient (Wildman–Crippen LogP) is 2.45. The first-order valence-corrected chi connectivity index (χ1v) is 7.42. The number of aryl methyl sites for hydroxylation is 2. The van der Waals surface area contributed by atoms with Gasteiger partial charge in [0.1, 0.15) is 0 Å². The van der Waals surface area contributed by atoms with Crippen molar-refractivity contribution in [2.75, 3.05) is 11.6 Å². The summed E-state index contributed by atoms with van der Waals surface area (Å²) in [5, 5.41) is 7.77. The van der Waals surface area contributed by atoms with Crippen molar-refractivity contribution in [3.8, 4) is 0 Å². The van der Waals surface area contributed by atoms with E-state index in [4.69, 9.17) is 11.6 Å². The highest BCUT2D eigenvalue weighted by atomic mass is 35.5. The third-order valence-corrected chi connectivity index (χ3v) is 3.71. The zero-order chi connectivity index (χ0) is 14.9. The molecule has 1 amide bonds. The number of anilines is 1. The van der Waals surface area contributed by atoms with Crippen LogP contribution in [0.1, 0.15) is 21.9 Å². The molecule has 0 aliphatic carbocycles. The average Bonchev–Trinajstić information content (AvgIpc) is 2.66. The molecule has 2 aromatic rings. The summed E-state index contributed by atoms with van der Waals surface area (Å²) in [6, 6.07) is 0. The van der Waals surface area contributed by atoms with Gasteiger partial charge in [-0.05, 0) is 20.1 Å². The topological polar surface area (TPSA) is 72.7 Å². The van der Waals surface area contributed by atoms with E-state index < -0.39 is 0 Å². The molecule has 0 bridgehead atoms. The second kappa shape index (κ2) is 5.80. The van der Waals surface area contributed by atoms with Gasteiger partial charge in [0, 0.05) is 7.05 Å². The highest BCUT2D eigenvalue weighted by Gasteiger charge is 2.18. The molecule has 8 heteroatoms. The molecule has 2 heterocycles. The first kappa shape index (κ1) is 14.8. The zero-order valence-electron chi connectivity index (χ0n) is 11.6. The smallest absolute Gasteiger partial charge is 0.276 e. The molecule has 0 spiro atoms. The lowest BCUT2D eigenvalue weighted by Gasteiger charge is -2.07. The molecule has 0 saturated carbocycles. The van der Waals surface area contributed by atoms with Gasteiger partial charge < -0.3 is 5.32 Å². The van der Waals surface area contributed by atoms with Crippen molar-refractivity contribution < 1.29 is 4.79 Å². The highest BCUT2D eigenvalue weighted by molar-refractivity contribution is 7.98. The number of aromatic nitrogens is 4. The lowest BCUT2D eigenvalue weighted by Crippen LogP contribution is -2.16. The Morgan fingerprint density at radius 1 is 1.45 bits per heavy atom. The standard InChI is InChI=1S/C12H14ClN5OS/c1-6-9(7(2)18(3)17-6)15-11(19)10-8(13)5-14-12(16-10)20-4/h5H,1-4H3,(H,15,19). The van der Waals surface area contributed by atoms with Crippen molar-refractivity contribution in [3.05, 3.63) is 28.3 Å². The van der Waals surface area contributed by atoms with Crippen LogP contribution in [0.25, 0.3) is 0 Å². The number of thioether (sulfide) groups is 1. The molecule has 0 fully saturated rings. The van der Waals surface area contributed by atoms with Gasteiger partial charge in [0.25, 0.3) is 5.91 Å². The fourth-order valence-corrected chi connectivity index (χ4v) is 2.25. The van der Waals surface area contributed by atoms with E-state index in [0.29, 0.717) is 10.8 Å². The van der Waals surface area contributed by atoms with Gasteiger partial charge in [-0.15, -0.1) is 0 Å². The van der Waals surface area contributed by atoms with E-state index in [0.717, 1.165) is 11.4 Å². The molecule has 0 aliphatic heterocycles. The number of hydrogen-bond acceptors (Lipinski definition) is 5. The minimum atomic E-state index is -0.369. The highest BCUT2D eigenvalue weighted by Crippen LogP contribution is 2.21. The Balaban J connectivity index is 2.33. The number of nitrogens with one attached hydrogen (secondary N) is 1. The van der Waals surface area contributed by atoms with Crippen molar-refractivity contribution in [3.63, 3.8) is 0 Å². The molecule has 0 radical (unpaired) electrons. The van der Waals surface area contributed by atoms with Crippen LogP contribution in [0.3, 0.4) is 0 Å². The molecule has 2 rings (SSSR count). The summed E-state index contributed by atoms with van der Waals surface area (Å²) in [7, 11) is 1.82. The van der Waals surface area contributed by atoms with Crippen molar-refractivity contribution in [1.29, 1.82) is 0 Å². The van der Waals surface area contributed by atoms with E-state index in [9.17, 15) is 4.79 Å². The Labute approximate surface area is 125 Å². The van der Waals surface area contributed by atoms with E-state index in [1.807, 2.05) is 27.2 Å². The maximum Gasteiger partial charge on any atom is 0.276 e. The Kier molecular flexibility index (Phi) is 4.29. The van der Waals surface area contributed by atoms with E-state index in [2.05, 4.69) is 20.4 Å². The summed E-state index contributed by atoms with van der Waals surface area (Å²) in [6.07, 6.45) is 3.26. The Bertz CT molecular complexity index is 670. The molecule has 20 heavy (non-hydrogen) atoms. The molecule has 2 aromatic heterocycles. The molecule has 0 unspecified atom stereocenters. The second-order valence-corrected chi connectivity index (χ2v) is 5.36. The van der Waals surface area contributed by atoms with Crippen LogP contribution in [0.5, 0.6) is 0 Å². The Morgan fingerprint density at radius 2 is 2.15 bits per heavy atom. The van der Waals surface area contributed by atoms with E-state index in [1.165, 1.54) is 18.0 Å². The Morgan fingerprint density at radius 3 is 2.70 bits per heavy atom. The van der Waals surface area contributed by atoms with Crippen LogP contribution in [-0.4, -0.2) is 31.9 Å². The third-order valence-electron chi connectivity index (χ3n) is 2.87. The fourth-order valence-electron chi connectivity index (χ4n) is 1.74. The zero-order valence-corrected chi connectivity index (χ0v) is 13.1. The first-order valence-electron chi connectivity index (χ1n) is 5.82. The van der Waals surface area contributed by atoms with Gasteiger partial charge in [0.2, 0.25) is 0 Å². The maximum atomic E-state index is 12.3. The number of amides is 1. The summed E-state index contributed by atoms with van der Waals surface area (Å²) in [6.45, 7) is 3.71. The van der Waals surface area contributed by atoms with Gasteiger partial charge in [0.15, 0.2) is 10.9 Å². The molecule has 1 N–H and O–H groups in total.